The molecule has 10 heteroatoms. The second-order valence-electron chi connectivity index (χ2n) is 11.5. The normalized spacial score (nSPS) is 14.8. The summed E-state index contributed by atoms with van der Waals surface area (Å²) in [5.74, 6) is 0. The van der Waals surface area contributed by atoms with E-state index in [1.165, 1.54) is 0 Å². The van der Waals surface area contributed by atoms with Crippen molar-refractivity contribution in [3.8, 4) is 0 Å². The van der Waals surface area contributed by atoms with Gasteiger partial charge in [-0.2, -0.15) is 0 Å². The third-order valence-electron chi connectivity index (χ3n) is 3.71. The molecule has 0 amide bonds. The monoisotopic (exact) mass is 494 g/mol. The molecule has 0 fully saturated rings. The molecule has 0 spiro atoms. The van der Waals surface area contributed by atoms with E-state index in [4.69, 9.17) is 38.5 Å². The van der Waals surface area contributed by atoms with E-state index in [1.807, 2.05) is 69.2 Å². The van der Waals surface area contributed by atoms with Crippen molar-refractivity contribution in [2.45, 2.75) is 131 Å². The molecule has 0 aromatic carbocycles. The zero-order chi connectivity index (χ0) is 26.8. The second-order valence-corrected chi connectivity index (χ2v) is 11.5. The topological polar surface area (TPSA) is 108 Å². The van der Waals surface area contributed by atoms with Gasteiger partial charge in [0.2, 0.25) is 0 Å². The number of carbonyl (C=O) groups excluding carboxylic acids is 2. The van der Waals surface area contributed by atoms with E-state index < -0.39 is 46.9 Å². The Hall–Kier alpha value is -1.62. The summed E-state index contributed by atoms with van der Waals surface area (Å²) in [4.78, 5) is 45.3. The Morgan fingerprint density at radius 3 is 1.12 bits per heavy atom. The van der Waals surface area contributed by atoms with Gasteiger partial charge in [-0.3, -0.25) is 0 Å². The maximum Gasteiger partial charge on any atom is 0.508 e. The summed E-state index contributed by atoms with van der Waals surface area (Å²) in [6, 6.07) is 0. The Labute approximate surface area is 204 Å². The number of carbonyl (C=O) groups is 2. The first kappa shape index (κ1) is 32.4. The molecule has 2 unspecified atom stereocenters. The molecule has 34 heavy (non-hydrogen) atoms. The highest BCUT2D eigenvalue weighted by molar-refractivity contribution is 5.61. The molecule has 0 radical (unpaired) electrons. The van der Waals surface area contributed by atoms with E-state index in [-0.39, 0.29) is 13.2 Å². The molecule has 0 aliphatic heterocycles. The first-order valence-electron chi connectivity index (χ1n) is 11.6. The number of hydrogen-bond donors (Lipinski definition) is 0. The van der Waals surface area contributed by atoms with Gasteiger partial charge >= 0.3 is 12.3 Å². The number of hydrogen-bond acceptors (Lipinski definition) is 10. The average Bonchev–Trinajstić information content (AvgIpc) is 2.60. The maximum absolute atomic E-state index is 11.9. The van der Waals surface area contributed by atoms with Crippen molar-refractivity contribution >= 4 is 12.3 Å². The molecule has 0 heterocycles. The molecule has 10 nitrogen and oxygen atoms in total. The highest BCUT2D eigenvalue weighted by atomic mass is 17.2. The Morgan fingerprint density at radius 1 is 0.559 bits per heavy atom. The van der Waals surface area contributed by atoms with Crippen LogP contribution in [0.4, 0.5) is 9.59 Å². The lowest BCUT2D eigenvalue weighted by atomic mass is 10.0. The van der Waals surface area contributed by atoms with Crippen LogP contribution in [0.1, 0.15) is 95.9 Å². The van der Waals surface area contributed by atoms with Crippen LogP contribution in [0.25, 0.3) is 0 Å². The van der Waals surface area contributed by atoms with Gasteiger partial charge in [-0.05, 0) is 83.1 Å². The Kier molecular flexibility index (Phi) is 12.8. The SMILES string of the molecule is CC(CC(C)(C)OOC(C)(C)C)OC(=O)OCCOC(=O)OC(C)CC(C)(C)OOC(C)(C)C. The third kappa shape index (κ3) is 18.8. The van der Waals surface area contributed by atoms with E-state index >= 15 is 0 Å². The van der Waals surface area contributed by atoms with Gasteiger partial charge < -0.3 is 18.9 Å². The van der Waals surface area contributed by atoms with Crippen LogP contribution < -0.4 is 0 Å². The zero-order valence-electron chi connectivity index (χ0n) is 23.1. The molecule has 0 aliphatic carbocycles. The van der Waals surface area contributed by atoms with Crippen LogP contribution in [0.5, 0.6) is 0 Å². The van der Waals surface area contributed by atoms with Crippen molar-refractivity contribution in [3.05, 3.63) is 0 Å². The molecular formula is C24H46O10. The molecule has 0 rings (SSSR count). The molecule has 0 N–H and O–H groups in total. The summed E-state index contributed by atoms with van der Waals surface area (Å²) in [6.45, 7) is 21.6. The van der Waals surface area contributed by atoms with Gasteiger partial charge in [0.15, 0.2) is 0 Å². The third-order valence-corrected chi connectivity index (χ3v) is 3.71. The van der Waals surface area contributed by atoms with E-state index in [9.17, 15) is 9.59 Å². The van der Waals surface area contributed by atoms with Crippen molar-refractivity contribution < 1.29 is 48.1 Å². The summed E-state index contributed by atoms with van der Waals surface area (Å²) in [7, 11) is 0. The van der Waals surface area contributed by atoms with Gasteiger partial charge in [0, 0.05) is 12.8 Å². The van der Waals surface area contributed by atoms with E-state index in [0.29, 0.717) is 12.8 Å². The van der Waals surface area contributed by atoms with Gasteiger partial charge in [-0.15, -0.1) is 0 Å². The standard InChI is InChI=1S/C24H46O10/c1-17(15-23(9,10)33-31-21(3,4)5)29-19(25)27-13-14-28-20(26)30-18(2)16-24(11,12)34-32-22(6,7)8/h17-18H,13-16H2,1-12H3. The first-order valence-corrected chi connectivity index (χ1v) is 11.6. The predicted molar refractivity (Wildman–Crippen MR) is 125 cm³/mol. The lowest BCUT2D eigenvalue weighted by Gasteiger charge is -2.30. The fraction of sp³-hybridized carbons (Fsp3) is 0.917. The lowest BCUT2D eigenvalue weighted by Crippen LogP contribution is -2.35. The van der Waals surface area contributed by atoms with Gasteiger partial charge in [-0.1, -0.05) is 0 Å². The smallest absolute Gasteiger partial charge is 0.431 e. The summed E-state index contributed by atoms with van der Waals surface area (Å²) >= 11 is 0. The Balaban J connectivity index is 4.16. The minimum atomic E-state index is -0.872. The van der Waals surface area contributed by atoms with E-state index in [0.717, 1.165) is 0 Å². The van der Waals surface area contributed by atoms with Crippen LogP contribution in [0.2, 0.25) is 0 Å². The zero-order valence-corrected chi connectivity index (χ0v) is 23.1. The van der Waals surface area contributed by atoms with Crippen LogP contribution >= 0.6 is 0 Å². The molecule has 0 aliphatic rings. The van der Waals surface area contributed by atoms with Gasteiger partial charge in [0.25, 0.3) is 0 Å². The van der Waals surface area contributed by atoms with Crippen LogP contribution in [0.15, 0.2) is 0 Å². The summed E-state index contributed by atoms with van der Waals surface area (Å²) in [5, 5.41) is 0. The van der Waals surface area contributed by atoms with E-state index in [2.05, 4.69) is 0 Å². The lowest BCUT2D eigenvalue weighted by molar-refractivity contribution is -0.399. The van der Waals surface area contributed by atoms with E-state index in [1.54, 1.807) is 13.8 Å². The van der Waals surface area contributed by atoms with Crippen molar-refractivity contribution in [2.75, 3.05) is 13.2 Å². The molecule has 0 saturated heterocycles. The predicted octanol–water partition coefficient (Wildman–Crippen LogP) is 5.90. The maximum atomic E-state index is 11.9. The number of rotatable bonds is 13. The highest BCUT2D eigenvalue weighted by Crippen LogP contribution is 2.23. The molecule has 2 atom stereocenters. The van der Waals surface area contributed by atoms with Crippen LogP contribution in [0, 0.1) is 0 Å². The minimum absolute atomic E-state index is 0.171. The number of ether oxygens (including phenoxy) is 4. The highest BCUT2D eigenvalue weighted by Gasteiger charge is 2.29. The van der Waals surface area contributed by atoms with Crippen molar-refractivity contribution in [1.29, 1.82) is 0 Å². The molecule has 202 valence electrons. The van der Waals surface area contributed by atoms with Gasteiger partial charge in [0.05, 0.1) is 11.2 Å². The van der Waals surface area contributed by atoms with Crippen molar-refractivity contribution in [3.63, 3.8) is 0 Å². The molecule has 0 aromatic rings. The fourth-order valence-electron chi connectivity index (χ4n) is 2.66. The van der Waals surface area contributed by atoms with Gasteiger partial charge in [-0.25, -0.2) is 29.1 Å². The van der Waals surface area contributed by atoms with Crippen LogP contribution in [-0.2, 0) is 38.5 Å². The minimum Gasteiger partial charge on any atom is -0.431 e. The summed E-state index contributed by atoms with van der Waals surface area (Å²) in [5.41, 5.74) is -2.25. The molecular weight excluding hydrogens is 448 g/mol. The molecule has 0 aromatic heterocycles. The summed E-state index contributed by atoms with van der Waals surface area (Å²) < 4.78 is 20.3. The van der Waals surface area contributed by atoms with Crippen molar-refractivity contribution in [1.82, 2.24) is 0 Å². The van der Waals surface area contributed by atoms with Crippen molar-refractivity contribution in [2.24, 2.45) is 0 Å². The Morgan fingerprint density at radius 2 is 0.853 bits per heavy atom. The Bertz CT molecular complexity index is 562. The average molecular weight is 495 g/mol. The first-order chi connectivity index (χ1) is 15.2. The van der Waals surface area contributed by atoms with Crippen LogP contribution in [0.3, 0.4) is 0 Å². The van der Waals surface area contributed by atoms with Gasteiger partial charge in [0.1, 0.15) is 36.6 Å². The molecule has 0 saturated carbocycles. The quantitative estimate of drug-likeness (QED) is 0.133. The largest absolute Gasteiger partial charge is 0.508 e. The van der Waals surface area contributed by atoms with Crippen LogP contribution in [-0.4, -0.2) is 60.1 Å². The second kappa shape index (κ2) is 13.5. The fourth-order valence-corrected chi connectivity index (χ4v) is 2.66. The summed E-state index contributed by atoms with van der Waals surface area (Å²) in [6.07, 6.45) is -1.93. The molecule has 0 bridgehead atoms.